The summed E-state index contributed by atoms with van der Waals surface area (Å²) >= 11 is 4.58. The number of fused-ring (bicyclic) bond motifs is 2. The molecule has 3 unspecified atom stereocenters. The molecule has 2 bridgehead atoms. The summed E-state index contributed by atoms with van der Waals surface area (Å²) in [7, 11) is 0. The topological polar surface area (TPSA) is 3.24 Å². The zero-order chi connectivity index (χ0) is 9.42. The Morgan fingerprint density at radius 1 is 1.31 bits per heavy atom. The van der Waals surface area contributed by atoms with Crippen LogP contribution in [0.5, 0.6) is 0 Å². The molecule has 0 aromatic carbocycles. The van der Waals surface area contributed by atoms with Crippen molar-refractivity contribution < 1.29 is 0 Å². The summed E-state index contributed by atoms with van der Waals surface area (Å²) in [5.41, 5.74) is 0. The van der Waals surface area contributed by atoms with E-state index in [0.29, 0.717) is 5.37 Å². The zero-order valence-electron chi connectivity index (χ0n) is 8.74. The highest BCUT2D eigenvalue weighted by Crippen LogP contribution is 2.41. The Morgan fingerprint density at radius 2 is 1.85 bits per heavy atom. The van der Waals surface area contributed by atoms with Gasteiger partial charge in [-0.15, -0.1) is 0 Å². The van der Waals surface area contributed by atoms with Crippen molar-refractivity contribution in [3.05, 3.63) is 0 Å². The first kappa shape index (κ1) is 9.85. The quantitative estimate of drug-likeness (QED) is 0.669. The molecular weight excluding hydrogens is 178 g/mol. The fourth-order valence-electron chi connectivity index (χ4n) is 3.27. The van der Waals surface area contributed by atoms with E-state index in [1.165, 1.54) is 32.1 Å². The van der Waals surface area contributed by atoms with Crippen LogP contribution in [0.15, 0.2) is 0 Å². The Kier molecular flexibility index (Phi) is 2.89. The van der Waals surface area contributed by atoms with Crippen LogP contribution in [-0.4, -0.2) is 22.4 Å². The second kappa shape index (κ2) is 3.82. The van der Waals surface area contributed by atoms with Gasteiger partial charge in [-0.05, 0) is 38.5 Å². The summed E-state index contributed by atoms with van der Waals surface area (Å²) < 4.78 is 0. The van der Waals surface area contributed by atoms with Gasteiger partial charge < -0.3 is 0 Å². The van der Waals surface area contributed by atoms with E-state index in [9.17, 15) is 0 Å². The van der Waals surface area contributed by atoms with E-state index in [-0.39, 0.29) is 0 Å². The molecule has 2 heterocycles. The lowest BCUT2D eigenvalue weighted by Crippen LogP contribution is -2.45. The summed E-state index contributed by atoms with van der Waals surface area (Å²) in [6.45, 7) is 4.56. The Labute approximate surface area is 87.3 Å². The van der Waals surface area contributed by atoms with Crippen LogP contribution >= 0.6 is 12.6 Å². The fraction of sp³-hybridized carbons (Fsp3) is 1.00. The first-order valence-corrected chi connectivity index (χ1v) is 6.19. The summed E-state index contributed by atoms with van der Waals surface area (Å²) in [6, 6.07) is 1.72. The number of hydrogen-bond donors (Lipinski definition) is 1. The molecule has 1 nitrogen and oxygen atoms in total. The second-order valence-electron chi connectivity index (χ2n) is 4.71. The van der Waals surface area contributed by atoms with E-state index in [1.807, 2.05) is 0 Å². The van der Waals surface area contributed by atoms with Crippen molar-refractivity contribution in [2.24, 2.45) is 5.92 Å². The molecule has 0 aliphatic carbocycles. The molecule has 2 rings (SSSR count). The van der Waals surface area contributed by atoms with Crippen molar-refractivity contribution >= 4 is 12.6 Å². The van der Waals surface area contributed by atoms with Gasteiger partial charge in [-0.25, -0.2) is 0 Å². The maximum Gasteiger partial charge on any atom is 0.0504 e. The predicted octanol–water partition coefficient (Wildman–Crippen LogP) is 2.92. The smallest absolute Gasteiger partial charge is 0.0504 e. The predicted molar refractivity (Wildman–Crippen MR) is 60.1 cm³/mol. The van der Waals surface area contributed by atoms with E-state index < -0.39 is 0 Å². The van der Waals surface area contributed by atoms with Crippen molar-refractivity contribution in [3.8, 4) is 0 Å². The molecule has 3 atom stereocenters. The van der Waals surface area contributed by atoms with Crippen LogP contribution < -0.4 is 0 Å². The molecule has 0 N–H and O–H groups in total. The van der Waals surface area contributed by atoms with Gasteiger partial charge in [0, 0.05) is 12.1 Å². The lowest BCUT2D eigenvalue weighted by molar-refractivity contribution is 0.0972. The molecule has 13 heavy (non-hydrogen) atoms. The Morgan fingerprint density at radius 3 is 2.23 bits per heavy atom. The molecule has 2 fully saturated rings. The van der Waals surface area contributed by atoms with Crippen LogP contribution in [-0.2, 0) is 0 Å². The van der Waals surface area contributed by atoms with Crippen LogP contribution in [0, 0.1) is 5.92 Å². The van der Waals surface area contributed by atoms with Gasteiger partial charge in [-0.3, -0.25) is 4.90 Å². The van der Waals surface area contributed by atoms with Crippen molar-refractivity contribution in [1.82, 2.24) is 4.90 Å². The molecule has 0 spiro atoms. The van der Waals surface area contributed by atoms with Gasteiger partial charge in [0.15, 0.2) is 0 Å². The van der Waals surface area contributed by atoms with Gasteiger partial charge in [-0.2, -0.15) is 12.6 Å². The molecule has 2 heteroatoms. The summed E-state index contributed by atoms with van der Waals surface area (Å²) in [5, 5.41) is 0.468. The van der Waals surface area contributed by atoms with Crippen LogP contribution in [0.4, 0.5) is 0 Å². The zero-order valence-corrected chi connectivity index (χ0v) is 9.63. The number of rotatable bonds is 2. The third kappa shape index (κ3) is 1.75. The normalized spacial score (nSPS) is 42.2. The van der Waals surface area contributed by atoms with E-state index in [4.69, 9.17) is 0 Å². The van der Waals surface area contributed by atoms with Crippen molar-refractivity contribution in [2.75, 3.05) is 0 Å². The SMILES string of the molecule is CCC1CC2CCC(C1)N2C(C)S. The summed E-state index contributed by atoms with van der Waals surface area (Å²) in [4.78, 5) is 2.65. The Balaban J connectivity index is 2.04. The fourth-order valence-corrected chi connectivity index (χ4v) is 3.65. The van der Waals surface area contributed by atoms with E-state index in [1.54, 1.807) is 0 Å². The minimum Gasteiger partial charge on any atom is -0.286 e. The second-order valence-corrected chi connectivity index (χ2v) is 5.46. The number of hydrogen-bond acceptors (Lipinski definition) is 2. The van der Waals surface area contributed by atoms with Crippen LogP contribution in [0.1, 0.15) is 46.0 Å². The maximum atomic E-state index is 4.58. The maximum absolute atomic E-state index is 4.58. The van der Waals surface area contributed by atoms with Gasteiger partial charge in [0.1, 0.15) is 0 Å². The summed E-state index contributed by atoms with van der Waals surface area (Å²) in [6.07, 6.45) is 7.08. The van der Waals surface area contributed by atoms with Crippen LogP contribution in [0.2, 0.25) is 0 Å². The molecule has 0 radical (unpaired) electrons. The van der Waals surface area contributed by atoms with Gasteiger partial charge in [0.25, 0.3) is 0 Å². The lowest BCUT2D eigenvalue weighted by Gasteiger charge is -2.40. The molecule has 0 aromatic heterocycles. The molecule has 2 saturated heterocycles. The van der Waals surface area contributed by atoms with Gasteiger partial charge in [0.2, 0.25) is 0 Å². The van der Waals surface area contributed by atoms with Crippen LogP contribution in [0.3, 0.4) is 0 Å². The highest BCUT2D eigenvalue weighted by Gasteiger charge is 2.41. The molecule has 2 aliphatic heterocycles. The third-order valence-corrected chi connectivity index (χ3v) is 4.16. The van der Waals surface area contributed by atoms with Gasteiger partial charge in [-0.1, -0.05) is 13.3 Å². The Bertz CT molecular complexity index is 167. The molecule has 76 valence electrons. The first-order valence-electron chi connectivity index (χ1n) is 5.67. The monoisotopic (exact) mass is 199 g/mol. The van der Waals surface area contributed by atoms with E-state index in [0.717, 1.165) is 18.0 Å². The van der Waals surface area contributed by atoms with Crippen molar-refractivity contribution in [3.63, 3.8) is 0 Å². The number of nitrogens with zero attached hydrogens (tertiary/aromatic N) is 1. The number of piperidine rings is 1. The Hall–Kier alpha value is 0.310. The molecule has 0 aromatic rings. The van der Waals surface area contributed by atoms with Gasteiger partial charge >= 0.3 is 0 Å². The average Bonchev–Trinajstić information content (AvgIpc) is 2.37. The molecule has 2 aliphatic rings. The minimum absolute atomic E-state index is 0.468. The average molecular weight is 199 g/mol. The third-order valence-electron chi connectivity index (χ3n) is 3.90. The highest BCUT2D eigenvalue weighted by molar-refractivity contribution is 7.80. The molecule has 0 saturated carbocycles. The molecule has 0 amide bonds. The van der Waals surface area contributed by atoms with Crippen molar-refractivity contribution in [2.45, 2.75) is 63.4 Å². The molecular formula is C11H21NS. The number of thiol groups is 1. The first-order chi connectivity index (χ1) is 6.22. The van der Waals surface area contributed by atoms with Crippen molar-refractivity contribution in [1.29, 1.82) is 0 Å². The van der Waals surface area contributed by atoms with Crippen LogP contribution in [0.25, 0.3) is 0 Å². The standard InChI is InChI=1S/C11H21NS/c1-3-9-6-10-4-5-11(7-9)12(10)8(2)13/h8-11,13H,3-7H2,1-2H3. The lowest BCUT2D eigenvalue weighted by atomic mass is 9.89. The largest absolute Gasteiger partial charge is 0.286 e. The highest BCUT2D eigenvalue weighted by atomic mass is 32.1. The summed E-state index contributed by atoms with van der Waals surface area (Å²) in [5.74, 6) is 1.00. The van der Waals surface area contributed by atoms with E-state index >= 15 is 0 Å². The van der Waals surface area contributed by atoms with E-state index in [2.05, 4.69) is 31.4 Å². The van der Waals surface area contributed by atoms with Gasteiger partial charge in [0.05, 0.1) is 5.37 Å². The minimum atomic E-state index is 0.468.